The van der Waals surface area contributed by atoms with Gasteiger partial charge >= 0.3 is 0 Å². The van der Waals surface area contributed by atoms with Crippen LogP contribution in [-0.4, -0.2) is 21.7 Å². The summed E-state index contributed by atoms with van der Waals surface area (Å²) in [5.41, 5.74) is 1.75. The molecule has 0 bridgehead atoms. The highest BCUT2D eigenvalue weighted by Crippen LogP contribution is 2.21. The van der Waals surface area contributed by atoms with E-state index in [1.165, 1.54) is 11.3 Å². The van der Waals surface area contributed by atoms with Crippen LogP contribution in [0.4, 0.5) is 0 Å². The van der Waals surface area contributed by atoms with Crippen molar-refractivity contribution in [2.24, 2.45) is 0 Å². The van der Waals surface area contributed by atoms with E-state index in [1.807, 2.05) is 13.8 Å². The van der Waals surface area contributed by atoms with Crippen molar-refractivity contribution < 1.29 is 4.52 Å². The first-order valence-corrected chi connectivity index (χ1v) is 5.65. The van der Waals surface area contributed by atoms with E-state index in [1.54, 1.807) is 11.7 Å². The van der Waals surface area contributed by atoms with Gasteiger partial charge in [0.2, 0.25) is 11.7 Å². The summed E-state index contributed by atoms with van der Waals surface area (Å²) in [4.78, 5) is 9.20. The Labute approximate surface area is 91.5 Å². The molecule has 0 saturated carbocycles. The number of thiazole rings is 1. The molecule has 0 aliphatic rings. The summed E-state index contributed by atoms with van der Waals surface area (Å²) in [6, 6.07) is 0.0872. The minimum absolute atomic E-state index is 0.0872. The summed E-state index contributed by atoms with van der Waals surface area (Å²) in [7, 11) is 0. The van der Waals surface area contributed by atoms with Crippen LogP contribution in [0.5, 0.6) is 0 Å². The van der Waals surface area contributed by atoms with Crippen LogP contribution in [-0.2, 0) is 0 Å². The Hall–Kier alpha value is -1.27. The molecule has 1 atom stereocenters. The smallest absolute Gasteiger partial charge is 0.243 e. The Kier molecular flexibility index (Phi) is 3.08. The Bertz CT molecular complexity index is 411. The normalized spacial score (nSPS) is 12.9. The van der Waals surface area contributed by atoms with Crippen molar-refractivity contribution in [3.63, 3.8) is 0 Å². The first kappa shape index (κ1) is 10.3. The molecule has 0 spiro atoms. The summed E-state index contributed by atoms with van der Waals surface area (Å²) in [5.74, 6) is 1.22. The molecule has 0 fully saturated rings. The number of nitrogens with zero attached hydrogens (tertiary/aromatic N) is 3. The lowest BCUT2D eigenvalue weighted by Crippen LogP contribution is -2.17. The molecule has 0 amide bonds. The van der Waals surface area contributed by atoms with Crippen molar-refractivity contribution in [2.45, 2.75) is 19.9 Å². The molecule has 80 valence electrons. The largest absolute Gasteiger partial charge is 0.337 e. The van der Waals surface area contributed by atoms with Crippen LogP contribution in [0.2, 0.25) is 0 Å². The molecule has 1 unspecified atom stereocenters. The minimum atomic E-state index is 0.0872. The summed E-state index contributed by atoms with van der Waals surface area (Å²) < 4.78 is 5.16. The van der Waals surface area contributed by atoms with Crippen molar-refractivity contribution in [3.05, 3.63) is 17.6 Å². The van der Waals surface area contributed by atoms with Gasteiger partial charge in [-0.3, -0.25) is 4.98 Å². The molecule has 0 aromatic carbocycles. The second-order valence-corrected chi connectivity index (χ2v) is 3.99. The van der Waals surface area contributed by atoms with Crippen molar-refractivity contribution in [2.75, 3.05) is 6.54 Å². The number of rotatable bonds is 4. The van der Waals surface area contributed by atoms with Crippen LogP contribution in [0.25, 0.3) is 10.7 Å². The highest BCUT2D eigenvalue weighted by atomic mass is 32.1. The van der Waals surface area contributed by atoms with Gasteiger partial charge in [-0.2, -0.15) is 4.98 Å². The lowest BCUT2D eigenvalue weighted by molar-refractivity contribution is 0.342. The number of hydrogen-bond donors (Lipinski definition) is 1. The van der Waals surface area contributed by atoms with Crippen LogP contribution in [0.3, 0.4) is 0 Å². The molecule has 2 rings (SSSR count). The fraction of sp³-hybridized carbons (Fsp3) is 0.444. The molecule has 2 heterocycles. The Morgan fingerprint density at radius 1 is 1.60 bits per heavy atom. The predicted octanol–water partition coefficient (Wildman–Crippen LogP) is 1.86. The van der Waals surface area contributed by atoms with Gasteiger partial charge in [-0.1, -0.05) is 12.1 Å². The average molecular weight is 224 g/mol. The maximum absolute atomic E-state index is 5.16. The lowest BCUT2D eigenvalue weighted by atomic mass is 10.3. The SMILES string of the molecule is CCNC(C)c1nc(-c2cncs2)no1. The second-order valence-electron chi connectivity index (χ2n) is 3.10. The predicted molar refractivity (Wildman–Crippen MR) is 57.5 cm³/mol. The second kappa shape index (κ2) is 4.50. The van der Waals surface area contributed by atoms with Crippen LogP contribution in [0.1, 0.15) is 25.8 Å². The molecule has 6 heteroatoms. The highest BCUT2D eigenvalue weighted by molar-refractivity contribution is 7.13. The van der Waals surface area contributed by atoms with Gasteiger partial charge < -0.3 is 9.84 Å². The molecule has 0 saturated heterocycles. The number of hydrogen-bond acceptors (Lipinski definition) is 6. The standard InChI is InChI=1S/C9H12N4OS/c1-3-11-6(2)9-12-8(13-14-9)7-4-10-5-15-7/h4-6,11H,3H2,1-2H3. The van der Waals surface area contributed by atoms with Crippen molar-refractivity contribution in [3.8, 4) is 10.7 Å². The van der Waals surface area contributed by atoms with Crippen molar-refractivity contribution in [1.29, 1.82) is 0 Å². The van der Waals surface area contributed by atoms with Crippen LogP contribution < -0.4 is 5.32 Å². The molecule has 0 radical (unpaired) electrons. The molecule has 15 heavy (non-hydrogen) atoms. The van der Waals surface area contributed by atoms with E-state index >= 15 is 0 Å². The molecular formula is C9H12N4OS. The maximum atomic E-state index is 5.16. The molecule has 5 nitrogen and oxygen atoms in total. The van der Waals surface area contributed by atoms with Gasteiger partial charge in [0.1, 0.15) is 0 Å². The zero-order chi connectivity index (χ0) is 10.7. The maximum Gasteiger partial charge on any atom is 0.243 e. The Balaban J connectivity index is 2.17. The zero-order valence-electron chi connectivity index (χ0n) is 8.60. The van der Waals surface area contributed by atoms with Gasteiger partial charge in [0.25, 0.3) is 0 Å². The highest BCUT2D eigenvalue weighted by Gasteiger charge is 2.14. The quantitative estimate of drug-likeness (QED) is 0.858. The molecule has 0 aliphatic carbocycles. The first-order chi connectivity index (χ1) is 7.31. The number of nitrogens with one attached hydrogen (secondary N) is 1. The fourth-order valence-corrected chi connectivity index (χ4v) is 1.78. The van der Waals surface area contributed by atoms with Crippen molar-refractivity contribution >= 4 is 11.3 Å². The zero-order valence-corrected chi connectivity index (χ0v) is 9.41. The third-order valence-electron chi connectivity index (χ3n) is 1.98. The van der Waals surface area contributed by atoms with Gasteiger partial charge in [-0.15, -0.1) is 11.3 Å². The van der Waals surface area contributed by atoms with E-state index in [2.05, 4.69) is 20.4 Å². The van der Waals surface area contributed by atoms with E-state index in [0.29, 0.717) is 11.7 Å². The molecule has 2 aromatic heterocycles. The van der Waals surface area contributed by atoms with Crippen molar-refractivity contribution in [1.82, 2.24) is 20.4 Å². The van der Waals surface area contributed by atoms with E-state index in [9.17, 15) is 0 Å². The minimum Gasteiger partial charge on any atom is -0.337 e. The van der Waals surface area contributed by atoms with Gasteiger partial charge in [0, 0.05) is 6.20 Å². The summed E-state index contributed by atoms with van der Waals surface area (Å²) in [6.45, 7) is 4.91. The third-order valence-corrected chi connectivity index (χ3v) is 2.74. The van der Waals surface area contributed by atoms with E-state index < -0.39 is 0 Å². The topological polar surface area (TPSA) is 63.8 Å². The van der Waals surface area contributed by atoms with Crippen LogP contribution >= 0.6 is 11.3 Å². The summed E-state index contributed by atoms with van der Waals surface area (Å²) in [5, 5.41) is 7.12. The van der Waals surface area contributed by atoms with E-state index in [0.717, 1.165) is 11.4 Å². The van der Waals surface area contributed by atoms with Gasteiger partial charge in [0.05, 0.1) is 16.4 Å². The van der Waals surface area contributed by atoms with Gasteiger partial charge in [0.15, 0.2) is 0 Å². The van der Waals surface area contributed by atoms with E-state index in [4.69, 9.17) is 4.52 Å². The van der Waals surface area contributed by atoms with Gasteiger partial charge in [-0.05, 0) is 13.5 Å². The Morgan fingerprint density at radius 3 is 3.13 bits per heavy atom. The fourth-order valence-electron chi connectivity index (χ4n) is 1.23. The third kappa shape index (κ3) is 2.21. The Morgan fingerprint density at radius 2 is 2.47 bits per heavy atom. The molecule has 0 aliphatic heterocycles. The molecule has 1 N–H and O–H groups in total. The monoisotopic (exact) mass is 224 g/mol. The summed E-state index contributed by atoms with van der Waals surface area (Å²) >= 11 is 1.50. The van der Waals surface area contributed by atoms with Crippen LogP contribution in [0.15, 0.2) is 16.2 Å². The summed E-state index contributed by atoms with van der Waals surface area (Å²) in [6.07, 6.45) is 1.73. The molecule has 2 aromatic rings. The van der Waals surface area contributed by atoms with E-state index in [-0.39, 0.29) is 6.04 Å². The number of aromatic nitrogens is 3. The average Bonchev–Trinajstić information content (AvgIpc) is 2.89. The van der Waals surface area contributed by atoms with Gasteiger partial charge in [-0.25, -0.2) is 0 Å². The lowest BCUT2D eigenvalue weighted by Gasteiger charge is -2.04. The molecular weight excluding hydrogens is 212 g/mol. The first-order valence-electron chi connectivity index (χ1n) is 4.77. The van der Waals surface area contributed by atoms with Crippen LogP contribution in [0, 0.1) is 0 Å².